The van der Waals surface area contributed by atoms with Crippen molar-refractivity contribution in [1.29, 1.82) is 0 Å². The van der Waals surface area contributed by atoms with Crippen molar-refractivity contribution in [2.75, 3.05) is 51.7 Å². The van der Waals surface area contributed by atoms with E-state index in [9.17, 15) is 9.59 Å². The number of nitrogens with one attached hydrogen (secondary N) is 2. The van der Waals surface area contributed by atoms with Gasteiger partial charge in [0.1, 0.15) is 5.82 Å². The van der Waals surface area contributed by atoms with Crippen LogP contribution in [-0.4, -0.2) is 73.8 Å². The molecule has 1 saturated heterocycles. The van der Waals surface area contributed by atoms with Gasteiger partial charge < -0.3 is 25.5 Å². The van der Waals surface area contributed by atoms with Gasteiger partial charge in [-0.15, -0.1) is 0 Å². The van der Waals surface area contributed by atoms with Crippen LogP contribution in [0.4, 0.5) is 10.6 Å². The van der Waals surface area contributed by atoms with Crippen LogP contribution in [0.15, 0.2) is 30.3 Å². The largest absolute Gasteiger partial charge is 0.465 e. The Balaban J connectivity index is 1.37. The zero-order valence-electron chi connectivity index (χ0n) is 21.7. The Kier molecular flexibility index (Phi) is 9.02. The number of hydrogen-bond acceptors (Lipinski definition) is 5. The van der Waals surface area contributed by atoms with Crippen molar-refractivity contribution in [2.24, 2.45) is 17.8 Å². The summed E-state index contributed by atoms with van der Waals surface area (Å²) in [5.41, 5.74) is 1.56. The van der Waals surface area contributed by atoms with Crippen LogP contribution < -0.4 is 15.5 Å². The molecule has 4 rings (SSSR count). The summed E-state index contributed by atoms with van der Waals surface area (Å²) in [5, 5.41) is 15.4. The molecule has 196 valence electrons. The molecule has 2 fully saturated rings. The predicted octanol–water partition coefficient (Wildman–Crippen LogP) is 4.21. The van der Waals surface area contributed by atoms with E-state index in [4.69, 9.17) is 10.1 Å². The number of benzene rings is 1. The van der Waals surface area contributed by atoms with Crippen LogP contribution in [0.5, 0.6) is 0 Å². The van der Waals surface area contributed by atoms with Gasteiger partial charge in [0.25, 0.3) is 5.91 Å². The number of fused-ring (bicyclic) bond motifs is 1. The van der Waals surface area contributed by atoms with Crippen LogP contribution in [0.2, 0.25) is 0 Å². The molecule has 0 bridgehead atoms. The van der Waals surface area contributed by atoms with Gasteiger partial charge in [0.05, 0.1) is 11.1 Å². The number of rotatable bonds is 9. The fraction of sp³-hybridized carbons (Fsp3) is 0.607. The Hall–Kier alpha value is -2.87. The second-order valence-electron chi connectivity index (χ2n) is 10.9. The van der Waals surface area contributed by atoms with Gasteiger partial charge in [-0.1, -0.05) is 18.2 Å². The van der Waals surface area contributed by atoms with Crippen molar-refractivity contribution >= 4 is 28.7 Å². The van der Waals surface area contributed by atoms with Crippen LogP contribution in [-0.2, 0) is 0 Å². The SMILES string of the molecule is CN(C)CCC1CCN(c2cc(C(=O)NCC3CCC(CNC(=O)O)CC3)c3ccccc3n2)CC1. The average molecular weight is 496 g/mol. The Labute approximate surface area is 214 Å². The molecule has 1 saturated carbocycles. The third-order valence-electron chi connectivity index (χ3n) is 7.93. The summed E-state index contributed by atoms with van der Waals surface area (Å²) in [4.78, 5) is 33.6. The molecule has 2 amide bonds. The van der Waals surface area contributed by atoms with Crippen molar-refractivity contribution in [2.45, 2.75) is 44.9 Å². The number of piperidine rings is 1. The molecule has 2 aromatic rings. The van der Waals surface area contributed by atoms with E-state index in [1.165, 1.54) is 6.42 Å². The van der Waals surface area contributed by atoms with Crippen LogP contribution in [0.25, 0.3) is 10.9 Å². The molecule has 3 N–H and O–H groups in total. The highest BCUT2D eigenvalue weighted by Gasteiger charge is 2.24. The Bertz CT molecular complexity index is 1030. The van der Waals surface area contributed by atoms with E-state index in [-0.39, 0.29) is 5.91 Å². The Morgan fingerprint density at radius 2 is 1.61 bits per heavy atom. The molecular weight excluding hydrogens is 454 g/mol. The zero-order valence-corrected chi connectivity index (χ0v) is 21.7. The van der Waals surface area contributed by atoms with Gasteiger partial charge in [-0.05, 0) is 95.5 Å². The minimum absolute atomic E-state index is 0.0367. The maximum Gasteiger partial charge on any atom is 0.404 e. The van der Waals surface area contributed by atoms with Gasteiger partial charge in [0.2, 0.25) is 0 Å². The van der Waals surface area contributed by atoms with Crippen LogP contribution >= 0.6 is 0 Å². The molecule has 2 aliphatic rings. The molecule has 0 unspecified atom stereocenters. The maximum atomic E-state index is 13.3. The summed E-state index contributed by atoms with van der Waals surface area (Å²) < 4.78 is 0. The summed E-state index contributed by atoms with van der Waals surface area (Å²) in [5.74, 6) is 2.44. The van der Waals surface area contributed by atoms with E-state index < -0.39 is 6.09 Å². The normalized spacial score (nSPS) is 21.0. The van der Waals surface area contributed by atoms with Crippen LogP contribution in [0.1, 0.15) is 55.3 Å². The predicted molar refractivity (Wildman–Crippen MR) is 144 cm³/mol. The first kappa shape index (κ1) is 26.2. The number of carbonyl (C=O) groups excluding carboxylic acids is 1. The summed E-state index contributed by atoms with van der Waals surface area (Å²) in [6, 6.07) is 9.89. The number of amides is 2. The molecule has 0 radical (unpaired) electrons. The molecule has 0 spiro atoms. The van der Waals surface area contributed by atoms with Gasteiger partial charge >= 0.3 is 6.09 Å². The number of para-hydroxylation sites is 1. The average Bonchev–Trinajstić information content (AvgIpc) is 2.89. The van der Waals surface area contributed by atoms with Crippen molar-refractivity contribution in [3.05, 3.63) is 35.9 Å². The number of carboxylic acid groups (broad SMARTS) is 1. The summed E-state index contributed by atoms with van der Waals surface area (Å²) in [6.07, 6.45) is 6.61. The molecule has 1 aromatic carbocycles. The second kappa shape index (κ2) is 12.4. The van der Waals surface area contributed by atoms with E-state index in [2.05, 4.69) is 34.5 Å². The lowest BCUT2D eigenvalue weighted by Gasteiger charge is -2.33. The monoisotopic (exact) mass is 495 g/mol. The van der Waals surface area contributed by atoms with Gasteiger partial charge in [-0.3, -0.25) is 4.79 Å². The van der Waals surface area contributed by atoms with E-state index in [0.29, 0.717) is 30.5 Å². The van der Waals surface area contributed by atoms with E-state index >= 15 is 0 Å². The maximum absolute atomic E-state index is 13.3. The number of carbonyl (C=O) groups is 2. The number of anilines is 1. The molecule has 0 atom stereocenters. The number of nitrogens with zero attached hydrogens (tertiary/aromatic N) is 3. The molecule has 1 aromatic heterocycles. The van der Waals surface area contributed by atoms with E-state index in [1.807, 2.05) is 30.3 Å². The molecule has 1 aliphatic carbocycles. The third kappa shape index (κ3) is 7.09. The van der Waals surface area contributed by atoms with Crippen LogP contribution in [0.3, 0.4) is 0 Å². The first-order valence-corrected chi connectivity index (χ1v) is 13.4. The summed E-state index contributed by atoms with van der Waals surface area (Å²) in [7, 11) is 4.26. The van der Waals surface area contributed by atoms with Crippen molar-refractivity contribution in [3.63, 3.8) is 0 Å². The highest BCUT2D eigenvalue weighted by molar-refractivity contribution is 6.07. The summed E-state index contributed by atoms with van der Waals surface area (Å²) >= 11 is 0. The van der Waals surface area contributed by atoms with E-state index in [0.717, 1.165) is 80.8 Å². The molecule has 2 heterocycles. The van der Waals surface area contributed by atoms with Gasteiger partial charge in [-0.2, -0.15) is 0 Å². The van der Waals surface area contributed by atoms with E-state index in [1.54, 1.807) is 0 Å². The minimum Gasteiger partial charge on any atom is -0.465 e. The lowest BCUT2D eigenvalue weighted by atomic mass is 9.82. The van der Waals surface area contributed by atoms with Crippen molar-refractivity contribution in [3.8, 4) is 0 Å². The highest BCUT2D eigenvalue weighted by atomic mass is 16.4. The molecular formula is C28H41N5O3. The van der Waals surface area contributed by atoms with Crippen molar-refractivity contribution < 1.29 is 14.7 Å². The van der Waals surface area contributed by atoms with Crippen LogP contribution in [0, 0.1) is 17.8 Å². The highest BCUT2D eigenvalue weighted by Crippen LogP contribution is 2.30. The molecule has 8 nitrogen and oxygen atoms in total. The lowest BCUT2D eigenvalue weighted by molar-refractivity contribution is 0.0942. The van der Waals surface area contributed by atoms with Gasteiger partial charge in [0.15, 0.2) is 0 Å². The molecule has 8 heteroatoms. The standard InChI is InChI=1S/C28H41N5O3/c1-32(2)14-11-20-12-15-33(16-13-20)26-17-24(23-5-3-4-6-25(23)31-26)27(34)29-18-21-7-9-22(10-8-21)19-30-28(35)36/h3-6,17,20-22,30H,7-16,18-19H2,1-2H3,(H,29,34)(H,35,36). The number of aromatic nitrogens is 1. The smallest absolute Gasteiger partial charge is 0.404 e. The number of pyridine rings is 1. The lowest BCUT2D eigenvalue weighted by Crippen LogP contribution is -2.36. The Morgan fingerprint density at radius 3 is 2.25 bits per heavy atom. The molecule has 1 aliphatic heterocycles. The summed E-state index contributed by atoms with van der Waals surface area (Å²) in [6.45, 7) is 4.26. The fourth-order valence-electron chi connectivity index (χ4n) is 5.61. The first-order valence-electron chi connectivity index (χ1n) is 13.4. The fourth-order valence-corrected chi connectivity index (χ4v) is 5.61. The zero-order chi connectivity index (χ0) is 25.5. The Morgan fingerprint density at radius 1 is 0.972 bits per heavy atom. The molecule has 36 heavy (non-hydrogen) atoms. The second-order valence-corrected chi connectivity index (χ2v) is 10.9. The minimum atomic E-state index is -0.956. The first-order chi connectivity index (χ1) is 17.4. The topological polar surface area (TPSA) is 97.8 Å². The van der Waals surface area contributed by atoms with Gasteiger partial charge in [0, 0.05) is 31.6 Å². The van der Waals surface area contributed by atoms with Gasteiger partial charge in [-0.25, -0.2) is 9.78 Å². The quantitative estimate of drug-likeness (QED) is 0.482. The third-order valence-corrected chi connectivity index (χ3v) is 7.93. The number of hydrogen-bond donors (Lipinski definition) is 3. The van der Waals surface area contributed by atoms with Crippen molar-refractivity contribution in [1.82, 2.24) is 20.5 Å².